The molecule has 4 heteroatoms. The fraction of sp³-hybridized carbons (Fsp3) is 0.880. The van der Waals surface area contributed by atoms with E-state index < -0.39 is 5.41 Å². The van der Waals surface area contributed by atoms with Crippen LogP contribution in [0.5, 0.6) is 0 Å². The monoisotopic (exact) mass is 402 g/mol. The third kappa shape index (κ3) is 3.11. The van der Waals surface area contributed by atoms with Gasteiger partial charge in [0, 0.05) is 30.6 Å². The molecular weight excluding hydrogens is 364 g/mol. The minimum absolute atomic E-state index is 0.0786. The van der Waals surface area contributed by atoms with E-state index in [0.717, 1.165) is 32.1 Å². The molecule has 29 heavy (non-hydrogen) atoms. The molecule has 0 aromatic rings. The standard InChI is InChI=1S/C25H38O4/c1-15(8-11-22(28)29-4)17-9-10-18-23-19(14-21(27)25(17,18)3)24(2)12-6-5-7-16(24)13-20(23)26/h15-19,23H,5-14H2,1-4H3. The molecule has 0 aromatic heterocycles. The molecule has 4 saturated carbocycles. The number of carbonyl (C=O) groups is 3. The van der Waals surface area contributed by atoms with Gasteiger partial charge in [-0.1, -0.05) is 33.6 Å². The van der Waals surface area contributed by atoms with Crippen molar-refractivity contribution in [3.05, 3.63) is 0 Å². The number of hydrogen-bond acceptors (Lipinski definition) is 4. The van der Waals surface area contributed by atoms with Crippen LogP contribution in [0.4, 0.5) is 0 Å². The Bertz CT molecular complexity index is 699. The van der Waals surface area contributed by atoms with E-state index in [1.54, 1.807) is 0 Å². The lowest BCUT2D eigenvalue weighted by atomic mass is 9.44. The Morgan fingerprint density at radius 1 is 1.10 bits per heavy atom. The molecule has 8 unspecified atom stereocenters. The van der Waals surface area contributed by atoms with Gasteiger partial charge in [0.15, 0.2) is 0 Å². The Morgan fingerprint density at radius 3 is 2.59 bits per heavy atom. The molecule has 0 aliphatic heterocycles. The average Bonchev–Trinajstić information content (AvgIpc) is 3.05. The van der Waals surface area contributed by atoms with Gasteiger partial charge in [-0.25, -0.2) is 0 Å². The Hall–Kier alpha value is -1.19. The zero-order valence-corrected chi connectivity index (χ0v) is 18.7. The van der Waals surface area contributed by atoms with Crippen molar-refractivity contribution in [1.29, 1.82) is 0 Å². The van der Waals surface area contributed by atoms with Gasteiger partial charge in [-0.15, -0.1) is 0 Å². The second-order valence-corrected chi connectivity index (χ2v) is 11.0. The SMILES string of the molecule is COC(=O)CCC(C)C1CCC2C3C(=O)CC4CCCCC4(C)C3CC(=O)C12C. The fourth-order valence-corrected chi connectivity index (χ4v) is 8.28. The predicted octanol–water partition coefficient (Wildman–Crippen LogP) is 4.98. The third-order valence-electron chi connectivity index (χ3n) is 10.0. The molecule has 4 rings (SSSR count). The number of hydrogen-bond donors (Lipinski definition) is 0. The van der Waals surface area contributed by atoms with Crippen molar-refractivity contribution in [2.24, 2.45) is 46.3 Å². The Labute approximate surface area is 175 Å². The highest BCUT2D eigenvalue weighted by Gasteiger charge is 2.65. The smallest absolute Gasteiger partial charge is 0.305 e. The van der Waals surface area contributed by atoms with E-state index in [0.29, 0.717) is 36.2 Å². The van der Waals surface area contributed by atoms with Gasteiger partial charge in [0.25, 0.3) is 0 Å². The van der Waals surface area contributed by atoms with Crippen molar-refractivity contribution < 1.29 is 19.1 Å². The molecule has 0 aromatic carbocycles. The first-order chi connectivity index (χ1) is 13.7. The van der Waals surface area contributed by atoms with Crippen LogP contribution in [0.15, 0.2) is 0 Å². The molecule has 162 valence electrons. The second-order valence-electron chi connectivity index (χ2n) is 11.0. The quantitative estimate of drug-likeness (QED) is 0.622. The summed E-state index contributed by atoms with van der Waals surface area (Å²) >= 11 is 0. The van der Waals surface area contributed by atoms with E-state index in [-0.39, 0.29) is 35.1 Å². The summed E-state index contributed by atoms with van der Waals surface area (Å²) in [6.07, 6.45) is 9.32. The van der Waals surface area contributed by atoms with E-state index in [1.807, 2.05) is 0 Å². The number of Topliss-reactive ketones (excluding diaryl/α,β-unsaturated/α-hetero) is 2. The summed E-state index contributed by atoms with van der Waals surface area (Å²) in [7, 11) is 1.43. The number of ether oxygens (including phenoxy) is 1. The van der Waals surface area contributed by atoms with Crippen LogP contribution in [0.25, 0.3) is 0 Å². The molecule has 0 heterocycles. The van der Waals surface area contributed by atoms with Gasteiger partial charge >= 0.3 is 5.97 Å². The summed E-state index contributed by atoms with van der Waals surface area (Å²) in [5.41, 5.74) is -0.230. The molecule has 4 aliphatic rings. The van der Waals surface area contributed by atoms with Crippen LogP contribution in [0, 0.1) is 46.3 Å². The predicted molar refractivity (Wildman–Crippen MR) is 111 cm³/mol. The van der Waals surface area contributed by atoms with Crippen molar-refractivity contribution in [3.8, 4) is 0 Å². The van der Waals surface area contributed by atoms with Gasteiger partial charge in [-0.3, -0.25) is 14.4 Å². The number of rotatable bonds is 4. The minimum Gasteiger partial charge on any atom is -0.469 e. The van der Waals surface area contributed by atoms with Crippen molar-refractivity contribution in [1.82, 2.24) is 0 Å². The zero-order valence-electron chi connectivity index (χ0n) is 18.7. The summed E-state index contributed by atoms with van der Waals surface area (Å²) in [6.45, 7) is 6.73. The maximum Gasteiger partial charge on any atom is 0.305 e. The van der Waals surface area contributed by atoms with Gasteiger partial charge in [0.2, 0.25) is 0 Å². The lowest BCUT2D eigenvalue weighted by Crippen LogP contribution is -2.59. The molecule has 4 fully saturated rings. The summed E-state index contributed by atoms with van der Waals surface area (Å²) < 4.78 is 4.81. The number of carbonyl (C=O) groups excluding carboxylic acids is 3. The first-order valence-corrected chi connectivity index (χ1v) is 11.9. The van der Waals surface area contributed by atoms with Crippen molar-refractivity contribution in [2.75, 3.05) is 7.11 Å². The maximum absolute atomic E-state index is 13.7. The summed E-state index contributed by atoms with van der Waals surface area (Å²) in [5.74, 6) is 2.26. The summed E-state index contributed by atoms with van der Waals surface area (Å²) in [6, 6.07) is 0. The largest absolute Gasteiger partial charge is 0.469 e. The molecule has 4 nitrogen and oxygen atoms in total. The van der Waals surface area contributed by atoms with Crippen LogP contribution in [0.1, 0.15) is 85.0 Å². The number of esters is 1. The normalized spacial score (nSPS) is 45.2. The van der Waals surface area contributed by atoms with E-state index in [9.17, 15) is 14.4 Å². The molecule has 0 amide bonds. The molecule has 4 aliphatic carbocycles. The van der Waals surface area contributed by atoms with Gasteiger partial charge in [-0.05, 0) is 67.1 Å². The number of methoxy groups -OCH3 is 1. The zero-order chi connectivity index (χ0) is 21.0. The van der Waals surface area contributed by atoms with Crippen LogP contribution in [-0.2, 0) is 19.1 Å². The minimum atomic E-state index is -0.399. The first-order valence-electron chi connectivity index (χ1n) is 11.9. The molecule has 0 radical (unpaired) electrons. The topological polar surface area (TPSA) is 60.4 Å². The van der Waals surface area contributed by atoms with Crippen LogP contribution in [0.3, 0.4) is 0 Å². The lowest BCUT2D eigenvalue weighted by molar-refractivity contribution is -0.165. The third-order valence-corrected chi connectivity index (χ3v) is 10.0. The van der Waals surface area contributed by atoms with Gasteiger partial charge in [0.1, 0.15) is 11.6 Å². The van der Waals surface area contributed by atoms with Gasteiger partial charge in [0.05, 0.1) is 7.11 Å². The summed E-state index contributed by atoms with van der Waals surface area (Å²) in [5, 5.41) is 0. The van der Waals surface area contributed by atoms with Crippen molar-refractivity contribution in [2.45, 2.75) is 85.0 Å². The molecular formula is C25H38O4. The summed E-state index contributed by atoms with van der Waals surface area (Å²) in [4.78, 5) is 38.7. The molecule has 0 bridgehead atoms. The highest BCUT2D eigenvalue weighted by molar-refractivity contribution is 5.92. The van der Waals surface area contributed by atoms with E-state index >= 15 is 0 Å². The highest BCUT2D eigenvalue weighted by atomic mass is 16.5. The van der Waals surface area contributed by atoms with Gasteiger partial charge in [-0.2, -0.15) is 0 Å². The molecule has 0 saturated heterocycles. The van der Waals surface area contributed by atoms with Crippen LogP contribution in [-0.4, -0.2) is 24.6 Å². The van der Waals surface area contributed by atoms with Gasteiger partial charge < -0.3 is 4.74 Å². The van der Waals surface area contributed by atoms with E-state index in [1.165, 1.54) is 26.4 Å². The van der Waals surface area contributed by atoms with Crippen molar-refractivity contribution in [3.63, 3.8) is 0 Å². The van der Waals surface area contributed by atoms with Crippen molar-refractivity contribution >= 4 is 17.5 Å². The Balaban J connectivity index is 1.60. The van der Waals surface area contributed by atoms with E-state index in [4.69, 9.17) is 4.74 Å². The maximum atomic E-state index is 13.7. The molecule has 0 spiro atoms. The van der Waals surface area contributed by atoms with Crippen LogP contribution < -0.4 is 0 Å². The Kier molecular flexibility index (Phi) is 5.44. The highest BCUT2D eigenvalue weighted by Crippen LogP contribution is 2.66. The first kappa shape index (κ1) is 21.1. The van der Waals surface area contributed by atoms with Crippen LogP contribution in [0.2, 0.25) is 0 Å². The van der Waals surface area contributed by atoms with Crippen LogP contribution >= 0.6 is 0 Å². The fourth-order valence-electron chi connectivity index (χ4n) is 8.28. The average molecular weight is 403 g/mol. The molecule has 8 atom stereocenters. The molecule has 0 N–H and O–H groups in total. The second kappa shape index (κ2) is 7.50. The number of ketones is 2. The number of fused-ring (bicyclic) bond motifs is 5. The van der Waals surface area contributed by atoms with E-state index in [2.05, 4.69) is 20.8 Å². The Morgan fingerprint density at radius 2 is 1.86 bits per heavy atom. The lowest BCUT2D eigenvalue weighted by Gasteiger charge is -2.59.